The molecule has 1 aromatic rings. The first-order valence-corrected chi connectivity index (χ1v) is 7.37. The third kappa shape index (κ3) is 4.68. The summed E-state index contributed by atoms with van der Waals surface area (Å²) in [5, 5.41) is 0. The molecule has 0 aliphatic carbocycles. The van der Waals surface area contributed by atoms with E-state index in [1.54, 1.807) is 4.90 Å². The monoisotopic (exact) mass is 283 g/mol. The molecule has 2 rings (SSSR count). The summed E-state index contributed by atoms with van der Waals surface area (Å²) in [5.74, 6) is 6.28. The van der Waals surface area contributed by atoms with Crippen molar-refractivity contribution in [1.82, 2.24) is 4.90 Å². The van der Waals surface area contributed by atoms with Crippen LogP contribution in [0.5, 0.6) is 0 Å². The van der Waals surface area contributed by atoms with Gasteiger partial charge >= 0.3 is 6.09 Å². The molecule has 1 heterocycles. The maximum absolute atomic E-state index is 11.6. The van der Waals surface area contributed by atoms with Crippen LogP contribution in [0.3, 0.4) is 0 Å². The maximum Gasteiger partial charge on any atom is 0.409 e. The third-order valence-electron chi connectivity index (χ3n) is 3.44. The lowest BCUT2D eigenvalue weighted by Gasteiger charge is -2.27. The van der Waals surface area contributed by atoms with Crippen LogP contribution in [-0.4, -0.2) is 30.7 Å². The average molecular weight is 283 g/mol. The van der Waals surface area contributed by atoms with E-state index in [4.69, 9.17) is 4.74 Å². The van der Waals surface area contributed by atoms with Gasteiger partial charge in [-0.3, -0.25) is 0 Å². The Hall–Kier alpha value is -2.21. The Bertz CT molecular complexity index is 583. The molecule has 1 amide bonds. The van der Waals surface area contributed by atoms with E-state index in [-0.39, 0.29) is 6.09 Å². The molecule has 1 aliphatic rings. The number of carbonyl (C=O) groups excluding carboxylic acids is 1. The number of benzene rings is 1. The largest absolute Gasteiger partial charge is 0.450 e. The molecular formula is C18H21NO2. The predicted octanol–water partition coefficient (Wildman–Crippen LogP) is 3.53. The highest BCUT2D eigenvalue weighted by atomic mass is 16.6. The van der Waals surface area contributed by atoms with Crippen LogP contribution in [0, 0.1) is 18.8 Å². The van der Waals surface area contributed by atoms with Gasteiger partial charge in [0, 0.05) is 18.7 Å². The quantitative estimate of drug-likeness (QED) is 0.738. The molecule has 0 saturated carbocycles. The van der Waals surface area contributed by atoms with Crippen molar-refractivity contribution in [3.63, 3.8) is 0 Å². The number of rotatable bonds is 1. The van der Waals surface area contributed by atoms with Gasteiger partial charge in [0.15, 0.2) is 0 Å². The van der Waals surface area contributed by atoms with Crippen molar-refractivity contribution in [3.8, 4) is 11.8 Å². The Labute approximate surface area is 126 Å². The number of amides is 1. The molecule has 1 aromatic carbocycles. The van der Waals surface area contributed by atoms with Crippen molar-refractivity contribution in [2.45, 2.75) is 26.7 Å². The second kappa shape index (κ2) is 7.54. The summed E-state index contributed by atoms with van der Waals surface area (Å²) in [6.07, 6.45) is 3.54. The molecule has 0 atom stereocenters. The van der Waals surface area contributed by atoms with Gasteiger partial charge in [-0.25, -0.2) is 4.79 Å². The van der Waals surface area contributed by atoms with Crippen molar-refractivity contribution in [2.75, 3.05) is 19.7 Å². The minimum Gasteiger partial charge on any atom is -0.450 e. The standard InChI is InChI=1S/C18H21NO2/c1-3-21-18(20)19-12-10-16(11-13-19)7-5-9-17-8-4-6-15(2)14-17/h4,6-8,14H,3,10-13H2,1-2H3. The Kier molecular flexibility index (Phi) is 5.45. The van der Waals surface area contributed by atoms with E-state index in [0.29, 0.717) is 6.61 Å². The van der Waals surface area contributed by atoms with Gasteiger partial charge in [-0.05, 0) is 50.5 Å². The van der Waals surface area contributed by atoms with E-state index in [1.165, 1.54) is 11.1 Å². The van der Waals surface area contributed by atoms with Crippen molar-refractivity contribution < 1.29 is 9.53 Å². The summed E-state index contributed by atoms with van der Waals surface area (Å²) in [6, 6.07) is 8.18. The van der Waals surface area contributed by atoms with Crippen LogP contribution in [0.2, 0.25) is 0 Å². The Morgan fingerprint density at radius 2 is 2.14 bits per heavy atom. The van der Waals surface area contributed by atoms with Crippen molar-refractivity contribution in [2.24, 2.45) is 0 Å². The molecule has 0 spiro atoms. The van der Waals surface area contributed by atoms with Crippen LogP contribution >= 0.6 is 0 Å². The normalized spacial score (nSPS) is 14.2. The first-order valence-electron chi connectivity index (χ1n) is 7.37. The molecule has 1 aliphatic heterocycles. The van der Waals surface area contributed by atoms with Crippen LogP contribution < -0.4 is 0 Å². The first kappa shape index (κ1) is 15.2. The smallest absolute Gasteiger partial charge is 0.409 e. The molecule has 1 saturated heterocycles. The third-order valence-corrected chi connectivity index (χ3v) is 3.44. The molecule has 3 heteroatoms. The van der Waals surface area contributed by atoms with E-state index in [1.807, 2.05) is 25.1 Å². The zero-order valence-corrected chi connectivity index (χ0v) is 12.7. The summed E-state index contributed by atoms with van der Waals surface area (Å²) in [6.45, 7) is 5.76. The number of piperidine rings is 1. The summed E-state index contributed by atoms with van der Waals surface area (Å²) in [7, 11) is 0. The molecule has 0 N–H and O–H groups in total. The molecule has 1 fully saturated rings. The van der Waals surface area contributed by atoms with Crippen LogP contribution in [0.1, 0.15) is 30.9 Å². The second-order valence-electron chi connectivity index (χ2n) is 5.13. The SMILES string of the molecule is CCOC(=O)N1CCC(=CC#Cc2cccc(C)c2)CC1. The number of ether oxygens (including phenoxy) is 1. The van der Waals surface area contributed by atoms with Crippen LogP contribution in [0.4, 0.5) is 4.79 Å². The molecule has 21 heavy (non-hydrogen) atoms. The van der Waals surface area contributed by atoms with Gasteiger partial charge in [0.05, 0.1) is 6.61 Å². The fourth-order valence-electron chi connectivity index (χ4n) is 2.28. The van der Waals surface area contributed by atoms with E-state index in [2.05, 4.69) is 30.9 Å². The van der Waals surface area contributed by atoms with Gasteiger partial charge in [0.25, 0.3) is 0 Å². The molecule has 0 radical (unpaired) electrons. The highest BCUT2D eigenvalue weighted by Gasteiger charge is 2.19. The number of aryl methyl sites for hydroxylation is 1. The summed E-state index contributed by atoms with van der Waals surface area (Å²) in [5.41, 5.74) is 3.56. The lowest BCUT2D eigenvalue weighted by Crippen LogP contribution is -2.36. The number of likely N-dealkylation sites (tertiary alicyclic amines) is 1. The minimum absolute atomic E-state index is 0.206. The maximum atomic E-state index is 11.6. The molecular weight excluding hydrogens is 262 g/mol. The number of hydrogen-bond donors (Lipinski definition) is 0. The van der Waals surface area contributed by atoms with Crippen molar-refractivity contribution in [3.05, 3.63) is 47.0 Å². The van der Waals surface area contributed by atoms with E-state index < -0.39 is 0 Å². The van der Waals surface area contributed by atoms with E-state index in [0.717, 1.165) is 31.5 Å². The zero-order chi connectivity index (χ0) is 15.1. The molecule has 0 bridgehead atoms. The average Bonchev–Trinajstić information content (AvgIpc) is 2.48. The highest BCUT2D eigenvalue weighted by Crippen LogP contribution is 2.16. The van der Waals surface area contributed by atoms with Gasteiger partial charge in [-0.1, -0.05) is 29.5 Å². The zero-order valence-electron chi connectivity index (χ0n) is 12.7. The molecule has 110 valence electrons. The fraction of sp³-hybridized carbons (Fsp3) is 0.389. The predicted molar refractivity (Wildman–Crippen MR) is 84.0 cm³/mol. The van der Waals surface area contributed by atoms with Gasteiger partial charge in [-0.2, -0.15) is 0 Å². The summed E-state index contributed by atoms with van der Waals surface area (Å²) in [4.78, 5) is 13.4. The lowest BCUT2D eigenvalue weighted by atomic mass is 10.0. The number of carbonyl (C=O) groups is 1. The fourth-order valence-corrected chi connectivity index (χ4v) is 2.28. The summed E-state index contributed by atoms with van der Waals surface area (Å²) < 4.78 is 5.01. The van der Waals surface area contributed by atoms with Gasteiger partial charge in [-0.15, -0.1) is 0 Å². The lowest BCUT2D eigenvalue weighted by molar-refractivity contribution is 0.104. The first-order chi connectivity index (χ1) is 10.2. The van der Waals surface area contributed by atoms with E-state index >= 15 is 0 Å². The number of allylic oxidation sites excluding steroid dienone is 1. The van der Waals surface area contributed by atoms with E-state index in [9.17, 15) is 4.79 Å². The van der Waals surface area contributed by atoms with Crippen LogP contribution in [0.25, 0.3) is 0 Å². The number of nitrogens with zero attached hydrogens (tertiary/aromatic N) is 1. The number of hydrogen-bond acceptors (Lipinski definition) is 2. The Morgan fingerprint density at radius 1 is 1.38 bits per heavy atom. The van der Waals surface area contributed by atoms with Gasteiger partial charge in [0.1, 0.15) is 0 Å². The Balaban J connectivity index is 1.89. The molecule has 3 nitrogen and oxygen atoms in total. The second-order valence-corrected chi connectivity index (χ2v) is 5.13. The topological polar surface area (TPSA) is 29.5 Å². The van der Waals surface area contributed by atoms with Crippen LogP contribution in [0.15, 0.2) is 35.9 Å². The molecule has 0 unspecified atom stereocenters. The summed E-state index contributed by atoms with van der Waals surface area (Å²) >= 11 is 0. The minimum atomic E-state index is -0.206. The van der Waals surface area contributed by atoms with Gasteiger partial charge < -0.3 is 9.64 Å². The van der Waals surface area contributed by atoms with Gasteiger partial charge in [0.2, 0.25) is 0 Å². The Morgan fingerprint density at radius 3 is 2.81 bits per heavy atom. The van der Waals surface area contributed by atoms with Crippen LogP contribution in [-0.2, 0) is 4.74 Å². The van der Waals surface area contributed by atoms with Crippen molar-refractivity contribution >= 4 is 6.09 Å². The van der Waals surface area contributed by atoms with Crippen molar-refractivity contribution in [1.29, 1.82) is 0 Å². The highest BCUT2D eigenvalue weighted by molar-refractivity contribution is 5.67. The molecule has 0 aromatic heterocycles.